The van der Waals surface area contributed by atoms with Crippen LogP contribution in [0.4, 0.5) is 23.9 Å². The summed E-state index contributed by atoms with van der Waals surface area (Å²) in [6.45, 7) is 3.44. The van der Waals surface area contributed by atoms with E-state index in [0.29, 0.717) is 16.3 Å². The first-order valence-corrected chi connectivity index (χ1v) is 8.50. The van der Waals surface area contributed by atoms with Gasteiger partial charge in [0.25, 0.3) is 0 Å². The van der Waals surface area contributed by atoms with E-state index in [1.165, 1.54) is 30.6 Å². The molecule has 2 N–H and O–H groups in total. The van der Waals surface area contributed by atoms with Gasteiger partial charge in [-0.3, -0.25) is 4.79 Å². The normalized spacial score (nSPS) is 11.0. The molecule has 0 bridgehead atoms. The molecule has 0 radical (unpaired) electrons. The van der Waals surface area contributed by atoms with Crippen LogP contribution in [0.2, 0.25) is 0 Å². The Kier molecular flexibility index (Phi) is 6.32. The molecule has 0 saturated heterocycles. The molecule has 0 fully saturated rings. The zero-order chi connectivity index (χ0) is 20.2. The van der Waals surface area contributed by atoms with Crippen molar-refractivity contribution in [3.63, 3.8) is 0 Å². The van der Waals surface area contributed by atoms with Crippen LogP contribution in [0.15, 0.2) is 24.3 Å². The number of methoxy groups -OCH3 is 1. The minimum atomic E-state index is -4.76. The van der Waals surface area contributed by atoms with Crippen molar-refractivity contribution in [1.82, 2.24) is 0 Å². The van der Waals surface area contributed by atoms with E-state index in [2.05, 4.69) is 15.4 Å². The van der Waals surface area contributed by atoms with E-state index in [9.17, 15) is 22.8 Å². The third-order valence-electron chi connectivity index (χ3n) is 3.57. The lowest BCUT2D eigenvalue weighted by atomic mass is 10.1. The molecule has 1 aromatic heterocycles. The number of nitrogens with one attached hydrogen (secondary N) is 2. The summed E-state index contributed by atoms with van der Waals surface area (Å²) in [5, 5.41) is 5.81. The van der Waals surface area contributed by atoms with E-state index in [0.717, 1.165) is 22.6 Å². The molecule has 2 rings (SSSR count). The second kappa shape index (κ2) is 8.30. The topological polar surface area (TPSA) is 76.7 Å². The highest BCUT2D eigenvalue weighted by atomic mass is 32.1. The maximum Gasteiger partial charge on any atom is 0.573 e. The van der Waals surface area contributed by atoms with Crippen molar-refractivity contribution >= 4 is 33.9 Å². The Labute approximate surface area is 157 Å². The summed E-state index contributed by atoms with van der Waals surface area (Å²) < 4.78 is 44.9. The predicted molar refractivity (Wildman–Crippen MR) is 95.4 cm³/mol. The zero-order valence-corrected chi connectivity index (χ0v) is 15.5. The van der Waals surface area contributed by atoms with E-state index in [4.69, 9.17) is 4.74 Å². The summed E-state index contributed by atoms with van der Waals surface area (Å²) >= 11 is 1.26. The van der Waals surface area contributed by atoms with Crippen LogP contribution in [-0.4, -0.2) is 31.9 Å². The lowest BCUT2D eigenvalue weighted by Gasteiger charge is -2.10. The Bertz CT molecular complexity index is 832. The second-order valence-electron chi connectivity index (χ2n) is 5.45. The fourth-order valence-corrected chi connectivity index (χ4v) is 3.26. The standard InChI is InChI=1S/C17H17F3N2O4S/c1-9-10(2)27-15(14(9)16(24)25-3)22-13(23)8-21-11-4-6-12(7-5-11)26-17(18,19)20/h4-7,21H,8H2,1-3H3,(H,22,23). The molecule has 0 aliphatic carbocycles. The Hall–Kier alpha value is -2.75. The van der Waals surface area contributed by atoms with E-state index in [1.54, 1.807) is 6.92 Å². The maximum atomic E-state index is 12.1. The molecule has 0 saturated carbocycles. The average molecular weight is 402 g/mol. The summed E-state index contributed by atoms with van der Waals surface area (Å²) in [6.07, 6.45) is -4.76. The average Bonchev–Trinajstić information content (AvgIpc) is 2.86. The molecule has 1 heterocycles. The third kappa shape index (κ3) is 5.61. The van der Waals surface area contributed by atoms with Crippen LogP contribution in [0.3, 0.4) is 0 Å². The van der Waals surface area contributed by atoms with Gasteiger partial charge >= 0.3 is 12.3 Å². The number of hydrogen-bond donors (Lipinski definition) is 2. The van der Waals surface area contributed by atoms with E-state index in [-0.39, 0.29) is 12.3 Å². The number of esters is 1. The largest absolute Gasteiger partial charge is 0.573 e. The summed E-state index contributed by atoms with van der Waals surface area (Å²) in [5.74, 6) is -1.32. The lowest BCUT2D eigenvalue weighted by Crippen LogP contribution is -2.22. The van der Waals surface area contributed by atoms with Gasteiger partial charge in [0.05, 0.1) is 19.2 Å². The molecule has 0 spiro atoms. The minimum Gasteiger partial charge on any atom is -0.465 e. The van der Waals surface area contributed by atoms with Crippen molar-refractivity contribution < 1.29 is 32.2 Å². The van der Waals surface area contributed by atoms with Gasteiger partial charge in [0.1, 0.15) is 10.8 Å². The summed E-state index contributed by atoms with van der Waals surface area (Å²) in [7, 11) is 1.26. The van der Waals surface area contributed by atoms with Gasteiger partial charge in [0, 0.05) is 10.6 Å². The number of thiophene rings is 1. The molecule has 0 aliphatic heterocycles. The van der Waals surface area contributed by atoms with Gasteiger partial charge in [0.2, 0.25) is 5.91 Å². The van der Waals surface area contributed by atoms with Crippen molar-refractivity contribution in [3.05, 3.63) is 40.3 Å². The predicted octanol–water partition coefficient (Wildman–Crippen LogP) is 4.10. The summed E-state index contributed by atoms with van der Waals surface area (Å²) in [5.41, 5.74) is 1.48. The van der Waals surface area contributed by atoms with E-state index < -0.39 is 18.2 Å². The number of hydrogen-bond acceptors (Lipinski definition) is 6. The fraction of sp³-hybridized carbons (Fsp3) is 0.294. The molecule has 0 unspecified atom stereocenters. The van der Waals surface area contributed by atoms with Gasteiger partial charge in [-0.2, -0.15) is 0 Å². The van der Waals surface area contributed by atoms with Crippen LogP contribution in [-0.2, 0) is 9.53 Å². The highest BCUT2D eigenvalue weighted by Crippen LogP contribution is 2.33. The molecule has 6 nitrogen and oxygen atoms in total. The molecule has 1 amide bonds. The number of halogens is 3. The molecule has 10 heteroatoms. The molecule has 0 atom stereocenters. The number of carbonyl (C=O) groups excluding carboxylic acids is 2. The molecule has 2 aromatic rings. The minimum absolute atomic E-state index is 0.143. The molecular weight excluding hydrogens is 385 g/mol. The molecule has 27 heavy (non-hydrogen) atoms. The number of benzene rings is 1. The number of rotatable bonds is 6. The van der Waals surface area contributed by atoms with Gasteiger partial charge in [-0.1, -0.05) is 0 Å². The SMILES string of the molecule is COC(=O)c1c(NC(=O)CNc2ccc(OC(F)(F)F)cc2)sc(C)c1C. The van der Waals surface area contributed by atoms with Crippen molar-refractivity contribution in [2.24, 2.45) is 0 Å². The van der Waals surface area contributed by atoms with Gasteiger partial charge in [-0.25, -0.2) is 4.79 Å². The van der Waals surface area contributed by atoms with Gasteiger partial charge in [-0.15, -0.1) is 24.5 Å². The highest BCUT2D eigenvalue weighted by Gasteiger charge is 2.31. The van der Waals surface area contributed by atoms with Crippen molar-refractivity contribution in [3.8, 4) is 5.75 Å². The monoisotopic (exact) mass is 402 g/mol. The van der Waals surface area contributed by atoms with Gasteiger partial charge in [0.15, 0.2) is 0 Å². The van der Waals surface area contributed by atoms with Gasteiger partial charge in [-0.05, 0) is 43.7 Å². The lowest BCUT2D eigenvalue weighted by molar-refractivity contribution is -0.274. The van der Waals surface area contributed by atoms with Gasteiger partial charge < -0.3 is 20.1 Å². The van der Waals surface area contributed by atoms with E-state index >= 15 is 0 Å². The molecule has 146 valence electrons. The summed E-state index contributed by atoms with van der Waals surface area (Å²) in [6, 6.07) is 4.98. The Balaban J connectivity index is 1.97. The quantitative estimate of drug-likeness (QED) is 0.712. The number of amides is 1. The van der Waals surface area contributed by atoms with Crippen LogP contribution < -0.4 is 15.4 Å². The highest BCUT2D eigenvalue weighted by molar-refractivity contribution is 7.16. The molecule has 1 aromatic carbocycles. The van der Waals surface area contributed by atoms with Crippen molar-refractivity contribution in [2.75, 3.05) is 24.3 Å². The fourth-order valence-electron chi connectivity index (χ4n) is 2.19. The first kappa shape index (κ1) is 20.6. The first-order chi connectivity index (χ1) is 12.6. The number of ether oxygens (including phenoxy) is 2. The number of aryl methyl sites for hydroxylation is 1. The zero-order valence-electron chi connectivity index (χ0n) is 14.7. The number of alkyl halides is 3. The van der Waals surface area contributed by atoms with Crippen molar-refractivity contribution in [1.29, 1.82) is 0 Å². The number of anilines is 2. The maximum absolute atomic E-state index is 12.1. The Morgan fingerprint density at radius 2 is 1.78 bits per heavy atom. The Morgan fingerprint density at radius 3 is 2.33 bits per heavy atom. The second-order valence-corrected chi connectivity index (χ2v) is 6.68. The van der Waals surface area contributed by atoms with Crippen LogP contribution in [0, 0.1) is 13.8 Å². The molecule has 0 aliphatic rings. The molecular formula is C17H17F3N2O4S. The van der Waals surface area contributed by atoms with Crippen LogP contribution >= 0.6 is 11.3 Å². The number of carbonyl (C=O) groups is 2. The van der Waals surface area contributed by atoms with Crippen LogP contribution in [0.1, 0.15) is 20.8 Å². The van der Waals surface area contributed by atoms with E-state index in [1.807, 2.05) is 6.92 Å². The smallest absolute Gasteiger partial charge is 0.465 e. The third-order valence-corrected chi connectivity index (χ3v) is 4.69. The first-order valence-electron chi connectivity index (χ1n) is 7.68. The summed E-state index contributed by atoms with van der Waals surface area (Å²) in [4.78, 5) is 24.9. The van der Waals surface area contributed by atoms with Crippen LogP contribution in [0.25, 0.3) is 0 Å². The van der Waals surface area contributed by atoms with Crippen LogP contribution in [0.5, 0.6) is 5.75 Å². The van der Waals surface area contributed by atoms with Crippen molar-refractivity contribution in [2.45, 2.75) is 20.2 Å². The Morgan fingerprint density at radius 1 is 1.15 bits per heavy atom.